The van der Waals surface area contributed by atoms with Crippen molar-refractivity contribution >= 4 is 28.3 Å². The molecule has 1 rings (SSSR count). The summed E-state index contributed by atoms with van der Waals surface area (Å²) in [4.78, 5) is 26.2. The van der Waals surface area contributed by atoms with Crippen LogP contribution in [0.25, 0.3) is 0 Å². The maximum atomic E-state index is 11.5. The lowest BCUT2D eigenvalue weighted by atomic mass is 9.99. The molecule has 0 fully saturated rings. The number of anilines is 1. The van der Waals surface area contributed by atoms with Crippen molar-refractivity contribution in [2.24, 2.45) is 5.92 Å². The maximum absolute atomic E-state index is 11.5. The van der Waals surface area contributed by atoms with Crippen LogP contribution < -0.4 is 5.32 Å². The van der Waals surface area contributed by atoms with Gasteiger partial charge in [0.15, 0.2) is 5.13 Å². The molecule has 0 spiro atoms. The Labute approximate surface area is 110 Å². The molecule has 2 N–H and O–H groups in total. The molecule has 0 bridgehead atoms. The molecular weight excluding hydrogens is 252 g/mol. The minimum absolute atomic E-state index is 0.0617. The molecular formula is C12H18N2O3S. The molecule has 6 heteroatoms. The van der Waals surface area contributed by atoms with Gasteiger partial charge >= 0.3 is 5.97 Å². The molecule has 1 aromatic heterocycles. The molecule has 0 radical (unpaired) electrons. The van der Waals surface area contributed by atoms with Gasteiger partial charge in [-0.05, 0) is 19.3 Å². The summed E-state index contributed by atoms with van der Waals surface area (Å²) in [5.41, 5.74) is 0. The fraction of sp³-hybridized carbons (Fsp3) is 0.583. The number of carboxylic acid groups (broad SMARTS) is 1. The van der Waals surface area contributed by atoms with Crippen molar-refractivity contribution in [2.75, 3.05) is 5.32 Å². The Morgan fingerprint density at radius 1 is 1.50 bits per heavy atom. The molecule has 0 aliphatic heterocycles. The third-order valence-electron chi connectivity index (χ3n) is 2.73. The predicted octanol–water partition coefficient (Wildman–Crippen LogP) is 2.75. The SMILES string of the molecule is CC[C@H](CCCCC(=O)Nc1nccs1)C(=O)O. The molecule has 0 saturated heterocycles. The highest BCUT2D eigenvalue weighted by atomic mass is 32.1. The summed E-state index contributed by atoms with van der Waals surface area (Å²) in [7, 11) is 0. The van der Waals surface area contributed by atoms with Crippen LogP contribution in [0.4, 0.5) is 5.13 Å². The normalized spacial score (nSPS) is 12.1. The van der Waals surface area contributed by atoms with Gasteiger partial charge in [0.2, 0.25) is 5.91 Å². The van der Waals surface area contributed by atoms with Gasteiger partial charge < -0.3 is 10.4 Å². The smallest absolute Gasteiger partial charge is 0.306 e. The highest BCUT2D eigenvalue weighted by molar-refractivity contribution is 7.13. The topological polar surface area (TPSA) is 79.3 Å². The van der Waals surface area contributed by atoms with Crippen molar-refractivity contribution in [2.45, 2.75) is 39.0 Å². The third-order valence-corrected chi connectivity index (χ3v) is 3.42. The highest BCUT2D eigenvalue weighted by Gasteiger charge is 2.14. The standard InChI is InChI=1S/C12H18N2O3S/c1-2-9(11(16)17)5-3-4-6-10(15)14-12-13-7-8-18-12/h7-9H,2-6H2,1H3,(H,16,17)(H,13,14,15)/t9-/m1/s1. The molecule has 0 aromatic carbocycles. The number of nitrogens with one attached hydrogen (secondary N) is 1. The summed E-state index contributed by atoms with van der Waals surface area (Å²) >= 11 is 1.38. The second-order valence-corrected chi connectivity index (χ2v) is 4.97. The van der Waals surface area contributed by atoms with Gasteiger partial charge in [-0.3, -0.25) is 9.59 Å². The Bertz CT molecular complexity index is 379. The average Bonchev–Trinajstić information content (AvgIpc) is 2.81. The summed E-state index contributed by atoms with van der Waals surface area (Å²) in [5.74, 6) is -1.09. The molecule has 1 heterocycles. The molecule has 100 valence electrons. The van der Waals surface area contributed by atoms with Gasteiger partial charge in [0.05, 0.1) is 5.92 Å². The lowest BCUT2D eigenvalue weighted by molar-refractivity contribution is -0.142. The second kappa shape index (κ2) is 7.81. The van der Waals surface area contributed by atoms with Crippen molar-refractivity contribution < 1.29 is 14.7 Å². The van der Waals surface area contributed by atoms with E-state index in [2.05, 4.69) is 10.3 Å². The van der Waals surface area contributed by atoms with Gasteiger partial charge in [-0.15, -0.1) is 11.3 Å². The van der Waals surface area contributed by atoms with Crippen LogP contribution in [0, 0.1) is 5.92 Å². The molecule has 0 aliphatic rings. The van der Waals surface area contributed by atoms with Gasteiger partial charge in [-0.2, -0.15) is 0 Å². The maximum Gasteiger partial charge on any atom is 0.306 e. The summed E-state index contributed by atoms with van der Waals surface area (Å²) in [6, 6.07) is 0. The molecule has 5 nitrogen and oxygen atoms in total. The van der Waals surface area contributed by atoms with E-state index in [-0.39, 0.29) is 11.8 Å². The van der Waals surface area contributed by atoms with E-state index in [9.17, 15) is 9.59 Å². The van der Waals surface area contributed by atoms with E-state index in [4.69, 9.17) is 5.11 Å². The minimum Gasteiger partial charge on any atom is -0.481 e. The van der Waals surface area contributed by atoms with Crippen LogP contribution in [0.3, 0.4) is 0 Å². The number of amides is 1. The van der Waals surface area contributed by atoms with E-state index in [1.807, 2.05) is 6.92 Å². The van der Waals surface area contributed by atoms with E-state index in [1.54, 1.807) is 11.6 Å². The van der Waals surface area contributed by atoms with Crippen molar-refractivity contribution in [3.63, 3.8) is 0 Å². The van der Waals surface area contributed by atoms with Gasteiger partial charge in [-0.25, -0.2) is 4.98 Å². The molecule has 18 heavy (non-hydrogen) atoms. The molecule has 0 saturated carbocycles. The monoisotopic (exact) mass is 270 g/mol. The zero-order valence-electron chi connectivity index (χ0n) is 10.4. The number of carboxylic acids is 1. The summed E-state index contributed by atoms with van der Waals surface area (Å²) < 4.78 is 0. The first-order valence-electron chi connectivity index (χ1n) is 6.05. The number of hydrogen-bond donors (Lipinski definition) is 2. The van der Waals surface area contributed by atoms with Crippen LogP contribution in [-0.4, -0.2) is 22.0 Å². The number of thiazole rings is 1. The number of aromatic nitrogens is 1. The van der Waals surface area contributed by atoms with Crippen molar-refractivity contribution in [3.05, 3.63) is 11.6 Å². The van der Waals surface area contributed by atoms with Gasteiger partial charge in [0, 0.05) is 18.0 Å². The largest absolute Gasteiger partial charge is 0.481 e. The van der Waals surface area contributed by atoms with Crippen LogP contribution in [0.1, 0.15) is 39.0 Å². The Morgan fingerprint density at radius 2 is 2.28 bits per heavy atom. The van der Waals surface area contributed by atoms with E-state index in [0.29, 0.717) is 30.8 Å². The quantitative estimate of drug-likeness (QED) is 0.712. The van der Waals surface area contributed by atoms with Crippen molar-refractivity contribution in [1.82, 2.24) is 4.98 Å². The van der Waals surface area contributed by atoms with Crippen molar-refractivity contribution in [1.29, 1.82) is 0 Å². The zero-order valence-corrected chi connectivity index (χ0v) is 11.2. The van der Waals surface area contributed by atoms with Crippen LogP contribution in [0.5, 0.6) is 0 Å². The van der Waals surface area contributed by atoms with Crippen LogP contribution in [0.2, 0.25) is 0 Å². The van der Waals surface area contributed by atoms with Crippen LogP contribution in [-0.2, 0) is 9.59 Å². The van der Waals surface area contributed by atoms with Gasteiger partial charge in [-0.1, -0.05) is 13.3 Å². The number of carbonyl (C=O) groups excluding carboxylic acids is 1. The average molecular weight is 270 g/mol. The minimum atomic E-state index is -0.746. The number of nitrogens with zero attached hydrogens (tertiary/aromatic N) is 1. The predicted molar refractivity (Wildman–Crippen MR) is 70.6 cm³/mol. The Kier molecular flexibility index (Phi) is 6.35. The van der Waals surface area contributed by atoms with E-state index in [0.717, 1.165) is 6.42 Å². The summed E-state index contributed by atoms with van der Waals surface area (Å²) in [6.07, 6.45) is 4.79. The molecule has 1 amide bonds. The number of aliphatic carboxylic acids is 1. The first-order chi connectivity index (χ1) is 8.63. The molecule has 0 aliphatic carbocycles. The van der Waals surface area contributed by atoms with Gasteiger partial charge in [0.25, 0.3) is 0 Å². The number of rotatable bonds is 8. The molecule has 0 unspecified atom stereocenters. The van der Waals surface area contributed by atoms with E-state index >= 15 is 0 Å². The van der Waals surface area contributed by atoms with Crippen LogP contribution in [0.15, 0.2) is 11.6 Å². The Morgan fingerprint density at radius 3 is 2.83 bits per heavy atom. The molecule has 1 aromatic rings. The zero-order chi connectivity index (χ0) is 13.4. The Balaban J connectivity index is 2.14. The number of hydrogen-bond acceptors (Lipinski definition) is 4. The second-order valence-electron chi connectivity index (χ2n) is 4.07. The fourth-order valence-corrected chi connectivity index (χ4v) is 2.19. The first kappa shape index (κ1) is 14.6. The Hall–Kier alpha value is -1.43. The van der Waals surface area contributed by atoms with Gasteiger partial charge in [0.1, 0.15) is 0 Å². The summed E-state index contributed by atoms with van der Waals surface area (Å²) in [6.45, 7) is 1.87. The highest BCUT2D eigenvalue weighted by Crippen LogP contribution is 2.15. The summed E-state index contributed by atoms with van der Waals surface area (Å²) in [5, 5.41) is 14.0. The van der Waals surface area contributed by atoms with Crippen molar-refractivity contribution in [3.8, 4) is 0 Å². The fourth-order valence-electron chi connectivity index (χ4n) is 1.65. The van der Waals surface area contributed by atoms with Crippen LogP contribution >= 0.6 is 11.3 Å². The molecule has 1 atom stereocenters. The van der Waals surface area contributed by atoms with E-state index < -0.39 is 5.97 Å². The number of unbranched alkanes of at least 4 members (excludes halogenated alkanes) is 1. The third kappa shape index (κ3) is 5.27. The lowest BCUT2D eigenvalue weighted by Gasteiger charge is -2.08. The van der Waals surface area contributed by atoms with E-state index in [1.165, 1.54) is 11.3 Å². The lowest BCUT2D eigenvalue weighted by Crippen LogP contribution is -2.13. The number of carbonyl (C=O) groups is 2. The first-order valence-corrected chi connectivity index (χ1v) is 6.93.